The zero-order valence-corrected chi connectivity index (χ0v) is 13.3. The van der Waals surface area contributed by atoms with Gasteiger partial charge in [-0.05, 0) is 50.4 Å². The first-order chi connectivity index (χ1) is 9.97. The van der Waals surface area contributed by atoms with E-state index in [0.29, 0.717) is 17.5 Å². The standard InChI is InChI=1S/C17H27FN2O/c1-12(2)10-20(11-15-5-4-8-19-15)13(3)16-9-14(18)6-7-17(16)21/h6-7,9,12-13,15,19,21H,4-5,8,10-11H2,1-3H3. The number of benzene rings is 1. The Morgan fingerprint density at radius 2 is 2.14 bits per heavy atom. The molecule has 1 saturated heterocycles. The predicted molar refractivity (Wildman–Crippen MR) is 83.9 cm³/mol. The summed E-state index contributed by atoms with van der Waals surface area (Å²) in [5, 5.41) is 13.6. The monoisotopic (exact) mass is 294 g/mol. The van der Waals surface area contributed by atoms with Crippen LogP contribution in [0.4, 0.5) is 4.39 Å². The van der Waals surface area contributed by atoms with Gasteiger partial charge in [-0.25, -0.2) is 4.39 Å². The molecule has 0 spiro atoms. The molecule has 2 rings (SSSR count). The Kier molecular flexibility index (Phi) is 5.59. The molecule has 1 fully saturated rings. The summed E-state index contributed by atoms with van der Waals surface area (Å²) in [6.45, 7) is 9.39. The minimum absolute atomic E-state index is 0.00509. The van der Waals surface area contributed by atoms with Crippen molar-refractivity contribution >= 4 is 0 Å². The Bertz CT molecular complexity index is 458. The average molecular weight is 294 g/mol. The van der Waals surface area contributed by atoms with Crippen LogP contribution in [0.15, 0.2) is 18.2 Å². The van der Waals surface area contributed by atoms with Crippen molar-refractivity contribution in [2.75, 3.05) is 19.6 Å². The highest BCUT2D eigenvalue weighted by Gasteiger charge is 2.24. The fourth-order valence-electron chi connectivity index (χ4n) is 3.11. The molecule has 0 bridgehead atoms. The highest BCUT2D eigenvalue weighted by atomic mass is 19.1. The van der Waals surface area contributed by atoms with E-state index in [0.717, 1.165) is 19.6 Å². The largest absolute Gasteiger partial charge is 0.508 e. The van der Waals surface area contributed by atoms with Gasteiger partial charge in [-0.1, -0.05) is 13.8 Å². The second-order valence-electron chi connectivity index (χ2n) is 6.52. The summed E-state index contributed by atoms with van der Waals surface area (Å²) in [7, 11) is 0. The molecule has 0 amide bonds. The van der Waals surface area contributed by atoms with Gasteiger partial charge >= 0.3 is 0 Å². The van der Waals surface area contributed by atoms with Gasteiger partial charge in [-0.3, -0.25) is 4.90 Å². The number of nitrogens with one attached hydrogen (secondary N) is 1. The second-order valence-corrected chi connectivity index (χ2v) is 6.52. The fraction of sp³-hybridized carbons (Fsp3) is 0.647. The van der Waals surface area contributed by atoms with Gasteiger partial charge in [0.05, 0.1) is 0 Å². The van der Waals surface area contributed by atoms with Gasteiger partial charge in [0, 0.05) is 30.7 Å². The number of rotatable bonds is 6. The Morgan fingerprint density at radius 1 is 1.38 bits per heavy atom. The van der Waals surface area contributed by atoms with E-state index in [1.165, 1.54) is 31.0 Å². The zero-order valence-electron chi connectivity index (χ0n) is 13.3. The van der Waals surface area contributed by atoms with Gasteiger partial charge in [0.2, 0.25) is 0 Å². The number of hydrogen-bond acceptors (Lipinski definition) is 3. The SMILES string of the molecule is CC(C)CN(CC1CCCN1)C(C)c1cc(F)ccc1O. The highest BCUT2D eigenvalue weighted by Crippen LogP contribution is 2.30. The van der Waals surface area contributed by atoms with E-state index in [9.17, 15) is 9.50 Å². The Morgan fingerprint density at radius 3 is 2.76 bits per heavy atom. The van der Waals surface area contributed by atoms with Crippen molar-refractivity contribution in [3.05, 3.63) is 29.6 Å². The molecular formula is C17H27FN2O. The van der Waals surface area contributed by atoms with E-state index in [2.05, 4.69) is 24.1 Å². The first-order valence-corrected chi connectivity index (χ1v) is 7.93. The third-order valence-electron chi connectivity index (χ3n) is 4.20. The van der Waals surface area contributed by atoms with Gasteiger partial charge in [-0.15, -0.1) is 0 Å². The molecular weight excluding hydrogens is 267 g/mol. The van der Waals surface area contributed by atoms with Crippen LogP contribution in [0.5, 0.6) is 5.75 Å². The van der Waals surface area contributed by atoms with Crippen molar-refractivity contribution in [2.24, 2.45) is 5.92 Å². The average Bonchev–Trinajstić information content (AvgIpc) is 2.92. The molecule has 118 valence electrons. The minimum atomic E-state index is -0.293. The van der Waals surface area contributed by atoms with Crippen LogP contribution in [0.1, 0.15) is 45.2 Å². The predicted octanol–water partition coefficient (Wildman–Crippen LogP) is 3.30. The summed E-state index contributed by atoms with van der Waals surface area (Å²) < 4.78 is 13.5. The van der Waals surface area contributed by atoms with Gasteiger partial charge in [0.15, 0.2) is 0 Å². The van der Waals surface area contributed by atoms with Gasteiger partial charge in [-0.2, -0.15) is 0 Å². The van der Waals surface area contributed by atoms with E-state index in [1.807, 2.05) is 6.92 Å². The van der Waals surface area contributed by atoms with Crippen molar-refractivity contribution in [3.8, 4) is 5.75 Å². The van der Waals surface area contributed by atoms with Crippen LogP contribution >= 0.6 is 0 Å². The maximum absolute atomic E-state index is 13.5. The van der Waals surface area contributed by atoms with Crippen LogP contribution in [-0.4, -0.2) is 35.7 Å². The van der Waals surface area contributed by atoms with Crippen molar-refractivity contribution in [2.45, 2.75) is 45.7 Å². The fourth-order valence-corrected chi connectivity index (χ4v) is 3.11. The van der Waals surface area contributed by atoms with Crippen molar-refractivity contribution in [1.29, 1.82) is 0 Å². The third-order valence-corrected chi connectivity index (χ3v) is 4.20. The van der Waals surface area contributed by atoms with Gasteiger partial charge < -0.3 is 10.4 Å². The maximum atomic E-state index is 13.5. The Labute approximate surface area is 127 Å². The first-order valence-electron chi connectivity index (χ1n) is 7.93. The van der Waals surface area contributed by atoms with Crippen molar-refractivity contribution in [1.82, 2.24) is 10.2 Å². The molecule has 1 aliphatic heterocycles. The van der Waals surface area contributed by atoms with Crippen molar-refractivity contribution in [3.63, 3.8) is 0 Å². The van der Waals surface area contributed by atoms with Crippen LogP contribution < -0.4 is 5.32 Å². The van der Waals surface area contributed by atoms with E-state index in [4.69, 9.17) is 0 Å². The molecule has 1 aliphatic rings. The molecule has 0 aliphatic carbocycles. The van der Waals surface area contributed by atoms with Crippen LogP contribution in [0.25, 0.3) is 0 Å². The maximum Gasteiger partial charge on any atom is 0.123 e. The summed E-state index contributed by atoms with van der Waals surface area (Å²) in [4.78, 5) is 2.35. The summed E-state index contributed by atoms with van der Waals surface area (Å²) in [6, 6.07) is 4.71. The summed E-state index contributed by atoms with van der Waals surface area (Å²) in [6.07, 6.45) is 2.41. The molecule has 1 aromatic carbocycles. The van der Waals surface area contributed by atoms with E-state index >= 15 is 0 Å². The quantitative estimate of drug-likeness (QED) is 0.845. The van der Waals surface area contributed by atoms with Crippen LogP contribution in [-0.2, 0) is 0 Å². The Balaban J connectivity index is 2.15. The lowest BCUT2D eigenvalue weighted by Crippen LogP contribution is -2.40. The molecule has 0 aromatic heterocycles. The van der Waals surface area contributed by atoms with Crippen molar-refractivity contribution < 1.29 is 9.50 Å². The number of halogens is 1. The lowest BCUT2D eigenvalue weighted by molar-refractivity contribution is 0.169. The molecule has 0 radical (unpaired) electrons. The molecule has 1 aromatic rings. The van der Waals surface area contributed by atoms with Gasteiger partial charge in [0.25, 0.3) is 0 Å². The molecule has 2 N–H and O–H groups in total. The highest BCUT2D eigenvalue weighted by molar-refractivity contribution is 5.35. The molecule has 0 saturated carbocycles. The third kappa shape index (κ3) is 4.42. The number of hydrogen-bond donors (Lipinski definition) is 2. The van der Waals surface area contributed by atoms with E-state index in [-0.39, 0.29) is 17.6 Å². The lowest BCUT2D eigenvalue weighted by atomic mass is 10.0. The summed E-state index contributed by atoms with van der Waals surface area (Å²) in [5.74, 6) is 0.416. The summed E-state index contributed by atoms with van der Waals surface area (Å²) >= 11 is 0. The molecule has 1 heterocycles. The van der Waals surface area contributed by atoms with E-state index < -0.39 is 0 Å². The van der Waals surface area contributed by atoms with Crippen LogP contribution in [0.3, 0.4) is 0 Å². The number of phenols is 1. The van der Waals surface area contributed by atoms with Gasteiger partial charge in [0.1, 0.15) is 11.6 Å². The molecule has 21 heavy (non-hydrogen) atoms. The Hall–Kier alpha value is -1.13. The number of aromatic hydroxyl groups is 1. The number of nitrogens with zero attached hydrogens (tertiary/aromatic N) is 1. The lowest BCUT2D eigenvalue weighted by Gasteiger charge is -2.33. The first kappa shape index (κ1) is 16.2. The minimum Gasteiger partial charge on any atom is -0.508 e. The molecule has 2 atom stereocenters. The number of phenolic OH excluding ortho intramolecular Hbond substituents is 1. The molecule has 2 unspecified atom stereocenters. The smallest absolute Gasteiger partial charge is 0.123 e. The normalized spacial score (nSPS) is 20.4. The van der Waals surface area contributed by atoms with E-state index in [1.54, 1.807) is 0 Å². The van der Waals surface area contributed by atoms with Crippen LogP contribution in [0.2, 0.25) is 0 Å². The molecule has 3 nitrogen and oxygen atoms in total. The topological polar surface area (TPSA) is 35.5 Å². The summed E-state index contributed by atoms with van der Waals surface area (Å²) in [5.41, 5.74) is 0.675. The van der Waals surface area contributed by atoms with Crippen LogP contribution in [0, 0.1) is 11.7 Å². The molecule has 4 heteroatoms. The zero-order chi connectivity index (χ0) is 15.4. The second kappa shape index (κ2) is 7.23.